The standard InChI is InChI=1S/C30H28ClN3O6S2/c1-4-5-14-39-21-13-9-19(15-23(21)38-3)25-24(26(35)22-12-6-17(2)40-22)27(36)28(37)34(25)29-32-33-30(42-29)41-16-18-7-10-20(31)11-8-18/h6-13,15,25,36H,4-5,14,16H2,1-3H3. The van der Waals surface area contributed by atoms with Crippen molar-refractivity contribution in [3.05, 3.63) is 93.6 Å². The maximum atomic E-state index is 13.7. The maximum Gasteiger partial charge on any atom is 0.296 e. The first kappa shape index (κ1) is 29.7. The number of hydrogen-bond acceptors (Lipinski definition) is 10. The Morgan fingerprint density at radius 1 is 1.14 bits per heavy atom. The minimum absolute atomic E-state index is 0.0108. The van der Waals surface area contributed by atoms with Crippen LogP contribution >= 0.6 is 34.7 Å². The number of Topliss-reactive ketones (excluding diaryl/α,β-unsaturated/α-hetero) is 1. The summed E-state index contributed by atoms with van der Waals surface area (Å²) in [5, 5.41) is 20.5. The van der Waals surface area contributed by atoms with Crippen LogP contribution in [-0.4, -0.2) is 40.7 Å². The predicted molar refractivity (Wildman–Crippen MR) is 162 cm³/mol. The van der Waals surface area contributed by atoms with Crippen LogP contribution in [0.25, 0.3) is 0 Å². The van der Waals surface area contributed by atoms with E-state index in [2.05, 4.69) is 17.1 Å². The molecule has 0 saturated heterocycles. The molecule has 0 bridgehead atoms. The second-order valence-electron chi connectivity index (χ2n) is 9.46. The molecule has 0 fully saturated rings. The zero-order valence-corrected chi connectivity index (χ0v) is 25.5. The maximum absolute atomic E-state index is 13.7. The minimum Gasteiger partial charge on any atom is -0.503 e. The van der Waals surface area contributed by atoms with Crippen molar-refractivity contribution in [3.8, 4) is 11.5 Å². The molecule has 1 atom stereocenters. The number of ether oxygens (including phenoxy) is 2. The van der Waals surface area contributed by atoms with E-state index in [9.17, 15) is 14.7 Å². The Kier molecular flexibility index (Phi) is 9.20. The van der Waals surface area contributed by atoms with Gasteiger partial charge in [0, 0.05) is 10.8 Å². The Bertz CT molecular complexity index is 1630. The van der Waals surface area contributed by atoms with Crippen molar-refractivity contribution < 1.29 is 28.6 Å². The number of rotatable bonds is 12. The van der Waals surface area contributed by atoms with E-state index >= 15 is 0 Å². The number of carbonyl (C=O) groups is 2. The van der Waals surface area contributed by atoms with Crippen molar-refractivity contribution in [1.29, 1.82) is 0 Å². The fourth-order valence-corrected chi connectivity index (χ4v) is 6.37. The van der Waals surface area contributed by atoms with E-state index in [1.165, 1.54) is 41.2 Å². The van der Waals surface area contributed by atoms with Crippen LogP contribution in [0.4, 0.5) is 5.13 Å². The largest absolute Gasteiger partial charge is 0.503 e. The molecular weight excluding hydrogens is 598 g/mol. The van der Waals surface area contributed by atoms with E-state index in [1.54, 1.807) is 31.2 Å². The van der Waals surface area contributed by atoms with Crippen LogP contribution in [0.3, 0.4) is 0 Å². The van der Waals surface area contributed by atoms with Crippen molar-refractivity contribution in [2.45, 2.75) is 42.8 Å². The van der Waals surface area contributed by atoms with Crippen molar-refractivity contribution in [1.82, 2.24) is 10.2 Å². The van der Waals surface area contributed by atoms with E-state index in [0.29, 0.717) is 44.5 Å². The van der Waals surface area contributed by atoms with E-state index in [-0.39, 0.29) is 16.5 Å². The lowest BCUT2D eigenvalue weighted by atomic mass is 9.95. The molecule has 2 aromatic heterocycles. The number of halogens is 1. The monoisotopic (exact) mass is 625 g/mol. The molecule has 0 saturated carbocycles. The van der Waals surface area contributed by atoms with Gasteiger partial charge in [-0.05, 0) is 60.9 Å². The van der Waals surface area contributed by atoms with Crippen molar-refractivity contribution in [2.75, 3.05) is 18.6 Å². The molecule has 2 aromatic carbocycles. The molecule has 1 aliphatic heterocycles. The molecule has 3 heterocycles. The van der Waals surface area contributed by atoms with Gasteiger partial charge in [0.2, 0.25) is 10.9 Å². The highest BCUT2D eigenvalue weighted by Gasteiger charge is 2.47. The second-order valence-corrected chi connectivity index (χ2v) is 12.1. The molecule has 0 aliphatic carbocycles. The van der Waals surface area contributed by atoms with Gasteiger partial charge in [-0.25, -0.2) is 0 Å². The normalized spacial score (nSPS) is 15.0. The number of nitrogens with zero attached hydrogens (tertiary/aromatic N) is 3. The molecule has 1 unspecified atom stereocenters. The van der Waals surface area contributed by atoms with Gasteiger partial charge in [-0.1, -0.05) is 66.2 Å². The Morgan fingerprint density at radius 2 is 1.93 bits per heavy atom. The van der Waals surface area contributed by atoms with Gasteiger partial charge in [0.05, 0.1) is 25.3 Å². The minimum atomic E-state index is -1.02. The number of unbranched alkanes of at least 4 members (excludes halogenated alkanes) is 1. The van der Waals surface area contributed by atoms with Gasteiger partial charge in [0.25, 0.3) is 5.91 Å². The summed E-state index contributed by atoms with van der Waals surface area (Å²) in [6.45, 7) is 4.30. The van der Waals surface area contributed by atoms with E-state index in [0.717, 1.165) is 18.4 Å². The van der Waals surface area contributed by atoms with Crippen LogP contribution in [-0.2, 0) is 10.5 Å². The van der Waals surface area contributed by atoms with Gasteiger partial charge in [-0.2, -0.15) is 0 Å². The second kappa shape index (κ2) is 13.0. The van der Waals surface area contributed by atoms with Crippen LogP contribution in [0.5, 0.6) is 11.5 Å². The molecule has 12 heteroatoms. The number of thioether (sulfide) groups is 1. The Balaban J connectivity index is 1.51. The highest BCUT2D eigenvalue weighted by Crippen LogP contribution is 2.45. The summed E-state index contributed by atoms with van der Waals surface area (Å²) in [6, 6.07) is 14.8. The summed E-state index contributed by atoms with van der Waals surface area (Å²) in [4.78, 5) is 28.5. The Morgan fingerprint density at radius 3 is 2.62 bits per heavy atom. The first-order valence-corrected chi connectivity index (χ1v) is 15.4. The summed E-state index contributed by atoms with van der Waals surface area (Å²) >= 11 is 8.63. The van der Waals surface area contributed by atoms with Gasteiger partial charge in [-0.15, -0.1) is 10.2 Å². The van der Waals surface area contributed by atoms with Gasteiger partial charge >= 0.3 is 0 Å². The lowest BCUT2D eigenvalue weighted by Gasteiger charge is -2.24. The number of furan rings is 1. The fourth-order valence-electron chi connectivity index (χ4n) is 4.42. The number of methoxy groups -OCH3 is 1. The number of carbonyl (C=O) groups excluding carboxylic acids is 2. The quantitative estimate of drug-likeness (QED) is 0.0746. The van der Waals surface area contributed by atoms with Gasteiger partial charge in [0.15, 0.2) is 27.4 Å². The number of ketones is 1. The highest BCUT2D eigenvalue weighted by molar-refractivity contribution is 8.00. The lowest BCUT2D eigenvalue weighted by molar-refractivity contribution is -0.117. The van der Waals surface area contributed by atoms with Crippen LogP contribution in [0, 0.1) is 6.92 Å². The molecule has 1 N–H and O–H groups in total. The molecule has 0 radical (unpaired) electrons. The molecule has 4 aromatic rings. The number of aromatic nitrogens is 2. The Labute approximate surface area is 256 Å². The molecule has 42 heavy (non-hydrogen) atoms. The van der Waals surface area contributed by atoms with Gasteiger partial charge in [-0.3, -0.25) is 14.5 Å². The first-order valence-electron chi connectivity index (χ1n) is 13.2. The fraction of sp³-hybridized carbons (Fsp3) is 0.267. The molecule has 0 spiro atoms. The first-order chi connectivity index (χ1) is 20.3. The number of anilines is 1. The summed E-state index contributed by atoms with van der Waals surface area (Å²) < 4.78 is 17.7. The van der Waals surface area contributed by atoms with Crippen LogP contribution in [0.2, 0.25) is 5.02 Å². The zero-order valence-electron chi connectivity index (χ0n) is 23.1. The molecule has 5 rings (SSSR count). The average Bonchev–Trinajstić information content (AvgIpc) is 3.71. The summed E-state index contributed by atoms with van der Waals surface area (Å²) in [7, 11) is 1.52. The number of amides is 1. The Hall–Kier alpha value is -3.80. The van der Waals surface area contributed by atoms with Crippen molar-refractivity contribution in [3.63, 3.8) is 0 Å². The summed E-state index contributed by atoms with van der Waals surface area (Å²) in [6.07, 6.45) is 1.85. The van der Waals surface area contributed by atoms with E-state index < -0.39 is 23.5 Å². The highest BCUT2D eigenvalue weighted by atomic mass is 35.5. The zero-order chi connectivity index (χ0) is 29.8. The lowest BCUT2D eigenvalue weighted by Crippen LogP contribution is -2.31. The molecule has 9 nitrogen and oxygen atoms in total. The van der Waals surface area contributed by atoms with Crippen LogP contribution < -0.4 is 14.4 Å². The summed E-state index contributed by atoms with van der Waals surface area (Å²) in [5.41, 5.74) is 1.44. The third-order valence-corrected chi connectivity index (χ3v) is 8.93. The number of hydrogen-bond donors (Lipinski definition) is 1. The molecule has 1 aliphatic rings. The van der Waals surface area contributed by atoms with Crippen molar-refractivity contribution >= 4 is 51.5 Å². The number of aliphatic hydroxyl groups excluding tert-OH is 1. The average molecular weight is 626 g/mol. The third kappa shape index (κ3) is 6.18. The number of benzene rings is 2. The van der Waals surface area contributed by atoms with Crippen molar-refractivity contribution in [2.24, 2.45) is 0 Å². The van der Waals surface area contributed by atoms with Gasteiger partial charge in [0.1, 0.15) is 5.76 Å². The van der Waals surface area contributed by atoms with E-state index in [1.807, 2.05) is 24.3 Å². The molecule has 218 valence electrons. The topological polar surface area (TPSA) is 115 Å². The third-order valence-electron chi connectivity index (χ3n) is 6.55. The molecule has 1 amide bonds. The van der Waals surface area contributed by atoms with Crippen LogP contribution in [0.15, 0.2) is 74.7 Å². The molecular formula is C30H28ClN3O6S2. The predicted octanol–water partition coefficient (Wildman–Crippen LogP) is 7.36. The van der Waals surface area contributed by atoms with Gasteiger partial charge < -0.3 is 19.0 Å². The SMILES string of the molecule is CCCCOc1ccc(C2C(C(=O)c3ccc(C)o3)=C(O)C(=O)N2c2nnc(SCc3ccc(Cl)cc3)s2)cc1OC. The number of aryl methyl sites for hydroxylation is 1. The van der Waals surface area contributed by atoms with Crippen LogP contribution in [0.1, 0.15) is 53.2 Å². The number of aliphatic hydroxyl groups is 1. The summed E-state index contributed by atoms with van der Waals surface area (Å²) in [5.74, 6) is 0.0705. The van der Waals surface area contributed by atoms with E-state index in [4.69, 9.17) is 25.5 Å². The smallest absolute Gasteiger partial charge is 0.296 e.